The number of amides is 2. The number of aliphatic carboxylic acids is 1. The maximum absolute atomic E-state index is 11.7. The fourth-order valence-electron chi connectivity index (χ4n) is 1.27. The Labute approximate surface area is 97.6 Å². The molecule has 0 aliphatic carbocycles. The molecule has 0 aliphatic heterocycles. The molecular formula is C11H12N2O4. The number of likely N-dealkylation sites (N-methyl/N-ethyl adjacent to an activating group) is 1. The molecule has 0 bridgehead atoms. The summed E-state index contributed by atoms with van der Waals surface area (Å²) in [5.74, 6) is -2.10. The van der Waals surface area contributed by atoms with E-state index in [1.807, 2.05) is 0 Å². The standard InChI is InChI=1S/C11H12N2O4/c1-13(6-9(14)15)11(17)8-4-2-7(3-5-8)10(12)16/h2-5H,6H2,1H3,(H2,12,16)(H,14,15). The smallest absolute Gasteiger partial charge is 0.323 e. The van der Waals surface area contributed by atoms with Crippen LogP contribution in [0, 0.1) is 0 Å². The highest BCUT2D eigenvalue weighted by Gasteiger charge is 2.14. The zero-order valence-electron chi connectivity index (χ0n) is 9.21. The lowest BCUT2D eigenvalue weighted by molar-refractivity contribution is -0.137. The normalized spacial score (nSPS) is 9.71. The van der Waals surface area contributed by atoms with Crippen LogP contribution in [-0.4, -0.2) is 41.4 Å². The van der Waals surface area contributed by atoms with Gasteiger partial charge in [0.1, 0.15) is 6.54 Å². The third-order valence-corrected chi connectivity index (χ3v) is 2.14. The van der Waals surface area contributed by atoms with Gasteiger partial charge in [0, 0.05) is 18.2 Å². The minimum absolute atomic E-state index is 0.294. The molecule has 0 heterocycles. The van der Waals surface area contributed by atoms with Gasteiger partial charge in [0.15, 0.2) is 0 Å². The van der Waals surface area contributed by atoms with Crippen LogP contribution in [0.4, 0.5) is 0 Å². The molecule has 0 fully saturated rings. The van der Waals surface area contributed by atoms with E-state index in [0.29, 0.717) is 11.1 Å². The van der Waals surface area contributed by atoms with E-state index in [1.165, 1.54) is 31.3 Å². The van der Waals surface area contributed by atoms with Gasteiger partial charge in [0.05, 0.1) is 0 Å². The Morgan fingerprint density at radius 2 is 1.65 bits per heavy atom. The van der Waals surface area contributed by atoms with Crippen molar-refractivity contribution in [2.75, 3.05) is 13.6 Å². The number of nitrogens with zero attached hydrogens (tertiary/aromatic N) is 1. The van der Waals surface area contributed by atoms with E-state index in [1.54, 1.807) is 0 Å². The average molecular weight is 236 g/mol. The Hall–Kier alpha value is -2.37. The summed E-state index contributed by atoms with van der Waals surface area (Å²) in [6.45, 7) is -0.379. The lowest BCUT2D eigenvalue weighted by Crippen LogP contribution is -2.31. The second kappa shape index (κ2) is 5.11. The Morgan fingerprint density at radius 3 is 2.06 bits per heavy atom. The summed E-state index contributed by atoms with van der Waals surface area (Å²) < 4.78 is 0. The largest absolute Gasteiger partial charge is 0.480 e. The number of primary amides is 1. The van der Waals surface area contributed by atoms with Crippen molar-refractivity contribution in [3.63, 3.8) is 0 Å². The first-order chi connectivity index (χ1) is 7.91. The first-order valence-electron chi connectivity index (χ1n) is 4.79. The van der Waals surface area contributed by atoms with Gasteiger partial charge in [0.2, 0.25) is 5.91 Å². The third-order valence-electron chi connectivity index (χ3n) is 2.14. The molecule has 6 heteroatoms. The molecule has 0 saturated heterocycles. The molecule has 0 spiro atoms. The molecule has 90 valence electrons. The molecule has 0 aromatic heterocycles. The van der Waals surface area contributed by atoms with E-state index >= 15 is 0 Å². The molecule has 3 N–H and O–H groups in total. The van der Waals surface area contributed by atoms with E-state index in [4.69, 9.17) is 10.8 Å². The molecule has 0 unspecified atom stereocenters. The minimum Gasteiger partial charge on any atom is -0.480 e. The molecule has 0 radical (unpaired) electrons. The van der Waals surface area contributed by atoms with Crippen LogP contribution < -0.4 is 5.73 Å². The number of carboxylic acids is 1. The quantitative estimate of drug-likeness (QED) is 0.764. The van der Waals surface area contributed by atoms with Crippen LogP contribution in [0.25, 0.3) is 0 Å². The first-order valence-corrected chi connectivity index (χ1v) is 4.79. The van der Waals surface area contributed by atoms with Crippen molar-refractivity contribution in [1.29, 1.82) is 0 Å². The third kappa shape index (κ3) is 3.30. The van der Waals surface area contributed by atoms with Gasteiger partial charge in [-0.3, -0.25) is 14.4 Å². The number of rotatable bonds is 4. The highest BCUT2D eigenvalue weighted by atomic mass is 16.4. The summed E-state index contributed by atoms with van der Waals surface area (Å²) in [5.41, 5.74) is 5.65. The summed E-state index contributed by atoms with van der Waals surface area (Å²) in [6, 6.07) is 5.70. The van der Waals surface area contributed by atoms with Crippen LogP contribution in [0.2, 0.25) is 0 Å². The van der Waals surface area contributed by atoms with Crippen molar-refractivity contribution < 1.29 is 19.5 Å². The van der Waals surface area contributed by atoms with Gasteiger partial charge in [-0.15, -0.1) is 0 Å². The van der Waals surface area contributed by atoms with Gasteiger partial charge >= 0.3 is 5.97 Å². The van der Waals surface area contributed by atoms with Gasteiger partial charge in [-0.2, -0.15) is 0 Å². The number of nitrogens with two attached hydrogens (primary N) is 1. The van der Waals surface area contributed by atoms with Crippen LogP contribution in [0.1, 0.15) is 20.7 Å². The summed E-state index contributed by atoms with van der Waals surface area (Å²) in [5, 5.41) is 8.54. The van der Waals surface area contributed by atoms with Gasteiger partial charge in [-0.25, -0.2) is 0 Å². The minimum atomic E-state index is -1.09. The van der Waals surface area contributed by atoms with E-state index in [2.05, 4.69) is 0 Å². The number of carbonyl (C=O) groups excluding carboxylic acids is 2. The summed E-state index contributed by atoms with van der Waals surface area (Å²) in [7, 11) is 1.39. The number of carbonyl (C=O) groups is 3. The van der Waals surface area contributed by atoms with Gasteiger partial charge < -0.3 is 15.7 Å². The Bertz CT molecular complexity index is 453. The molecule has 0 aliphatic rings. The molecule has 6 nitrogen and oxygen atoms in total. The number of hydrogen-bond acceptors (Lipinski definition) is 3. The lowest BCUT2D eigenvalue weighted by Gasteiger charge is -2.14. The van der Waals surface area contributed by atoms with Crippen molar-refractivity contribution in [2.45, 2.75) is 0 Å². The van der Waals surface area contributed by atoms with Crippen LogP contribution >= 0.6 is 0 Å². The zero-order chi connectivity index (χ0) is 13.0. The highest BCUT2D eigenvalue weighted by molar-refractivity contribution is 5.98. The predicted octanol–water partition coefficient (Wildman–Crippen LogP) is -0.0579. The maximum Gasteiger partial charge on any atom is 0.323 e. The molecular weight excluding hydrogens is 224 g/mol. The monoisotopic (exact) mass is 236 g/mol. The SMILES string of the molecule is CN(CC(=O)O)C(=O)c1ccc(C(N)=O)cc1. The van der Waals surface area contributed by atoms with Gasteiger partial charge in [0.25, 0.3) is 5.91 Å². The highest BCUT2D eigenvalue weighted by Crippen LogP contribution is 2.06. The molecule has 1 rings (SSSR count). The Balaban J connectivity index is 2.82. The maximum atomic E-state index is 11.7. The molecule has 17 heavy (non-hydrogen) atoms. The number of benzene rings is 1. The Kier molecular flexibility index (Phi) is 3.82. The zero-order valence-corrected chi connectivity index (χ0v) is 9.21. The van der Waals surface area contributed by atoms with Crippen molar-refractivity contribution in [2.24, 2.45) is 5.73 Å². The van der Waals surface area contributed by atoms with Crippen LogP contribution in [0.15, 0.2) is 24.3 Å². The summed E-state index contributed by atoms with van der Waals surface area (Å²) >= 11 is 0. The molecule has 0 saturated carbocycles. The van der Waals surface area contributed by atoms with Crippen LogP contribution in [0.5, 0.6) is 0 Å². The fourth-order valence-corrected chi connectivity index (χ4v) is 1.27. The van der Waals surface area contributed by atoms with Crippen molar-refractivity contribution >= 4 is 17.8 Å². The molecule has 2 amide bonds. The topological polar surface area (TPSA) is 101 Å². The predicted molar refractivity (Wildman–Crippen MR) is 59.6 cm³/mol. The van der Waals surface area contributed by atoms with Crippen molar-refractivity contribution in [1.82, 2.24) is 4.90 Å². The molecule has 1 aromatic carbocycles. The fraction of sp³-hybridized carbons (Fsp3) is 0.182. The van der Waals surface area contributed by atoms with E-state index in [0.717, 1.165) is 4.90 Å². The van der Waals surface area contributed by atoms with Crippen molar-refractivity contribution in [3.05, 3.63) is 35.4 Å². The summed E-state index contributed by atoms with van der Waals surface area (Å²) in [4.78, 5) is 34.0. The van der Waals surface area contributed by atoms with Crippen LogP contribution in [-0.2, 0) is 4.79 Å². The van der Waals surface area contributed by atoms with Gasteiger partial charge in [-0.1, -0.05) is 0 Å². The number of carboxylic acid groups (broad SMARTS) is 1. The summed E-state index contributed by atoms with van der Waals surface area (Å²) in [6.07, 6.45) is 0. The first kappa shape index (κ1) is 12.7. The second-order valence-corrected chi connectivity index (χ2v) is 3.50. The average Bonchev–Trinajstić information content (AvgIpc) is 2.27. The van der Waals surface area contributed by atoms with E-state index < -0.39 is 17.8 Å². The Morgan fingerprint density at radius 1 is 1.18 bits per heavy atom. The molecule has 1 aromatic rings. The van der Waals surface area contributed by atoms with Crippen molar-refractivity contribution in [3.8, 4) is 0 Å². The second-order valence-electron chi connectivity index (χ2n) is 3.50. The van der Waals surface area contributed by atoms with Gasteiger partial charge in [-0.05, 0) is 24.3 Å². The molecule has 0 atom stereocenters. The van der Waals surface area contributed by atoms with Crippen LogP contribution in [0.3, 0.4) is 0 Å². The van der Waals surface area contributed by atoms with E-state index in [-0.39, 0.29) is 6.54 Å². The van der Waals surface area contributed by atoms with E-state index in [9.17, 15) is 14.4 Å². The lowest BCUT2D eigenvalue weighted by atomic mass is 10.1. The number of hydrogen-bond donors (Lipinski definition) is 2.